The van der Waals surface area contributed by atoms with Gasteiger partial charge in [-0.3, -0.25) is 0 Å². The van der Waals surface area contributed by atoms with Gasteiger partial charge in [0.15, 0.2) is 0 Å². The second-order valence-electron chi connectivity index (χ2n) is 3.54. The van der Waals surface area contributed by atoms with Crippen LogP contribution in [0.1, 0.15) is 19.4 Å². The van der Waals surface area contributed by atoms with Crippen molar-refractivity contribution in [1.82, 2.24) is 0 Å². The van der Waals surface area contributed by atoms with Gasteiger partial charge in [-0.2, -0.15) is 0 Å². The SMILES string of the molecule is CC(C)C(N)=NOCc1ccccc1Cl. The van der Waals surface area contributed by atoms with Crippen LogP contribution in [0.3, 0.4) is 0 Å². The van der Waals surface area contributed by atoms with Crippen LogP contribution < -0.4 is 5.73 Å². The molecule has 1 aromatic carbocycles. The van der Waals surface area contributed by atoms with E-state index in [9.17, 15) is 0 Å². The highest BCUT2D eigenvalue weighted by atomic mass is 35.5. The standard InChI is InChI=1S/C11H15ClN2O/c1-8(2)11(13)14-15-7-9-5-3-4-6-10(9)12/h3-6,8H,7H2,1-2H3,(H2,13,14). The van der Waals surface area contributed by atoms with Gasteiger partial charge >= 0.3 is 0 Å². The van der Waals surface area contributed by atoms with Gasteiger partial charge in [-0.05, 0) is 6.07 Å². The molecule has 0 bridgehead atoms. The van der Waals surface area contributed by atoms with Crippen LogP contribution in [0.25, 0.3) is 0 Å². The van der Waals surface area contributed by atoms with Crippen LogP contribution in [-0.2, 0) is 11.4 Å². The summed E-state index contributed by atoms with van der Waals surface area (Å²) in [5.74, 6) is 0.679. The normalized spacial score (nSPS) is 11.9. The smallest absolute Gasteiger partial charge is 0.143 e. The maximum atomic E-state index is 5.94. The zero-order valence-corrected chi connectivity index (χ0v) is 9.66. The van der Waals surface area contributed by atoms with Crippen LogP contribution in [-0.4, -0.2) is 5.84 Å². The van der Waals surface area contributed by atoms with Crippen molar-refractivity contribution in [3.05, 3.63) is 34.9 Å². The Kier molecular flexibility index (Phi) is 4.43. The molecule has 0 amide bonds. The molecule has 0 spiro atoms. The lowest BCUT2D eigenvalue weighted by atomic mass is 10.2. The lowest BCUT2D eigenvalue weighted by molar-refractivity contribution is 0.129. The second-order valence-corrected chi connectivity index (χ2v) is 3.94. The molecule has 0 fully saturated rings. The summed E-state index contributed by atoms with van der Waals surface area (Å²) < 4.78 is 0. The highest BCUT2D eigenvalue weighted by Crippen LogP contribution is 2.15. The van der Waals surface area contributed by atoms with Gasteiger partial charge in [0.25, 0.3) is 0 Å². The molecule has 4 heteroatoms. The quantitative estimate of drug-likeness (QED) is 0.488. The van der Waals surface area contributed by atoms with E-state index in [1.54, 1.807) is 0 Å². The average molecular weight is 227 g/mol. The van der Waals surface area contributed by atoms with Gasteiger partial charge in [-0.1, -0.05) is 48.8 Å². The number of hydrogen-bond donors (Lipinski definition) is 1. The molecule has 0 saturated heterocycles. The van der Waals surface area contributed by atoms with E-state index in [1.807, 2.05) is 38.1 Å². The lowest BCUT2D eigenvalue weighted by Gasteiger charge is -2.05. The van der Waals surface area contributed by atoms with Crippen LogP contribution in [0.5, 0.6) is 0 Å². The molecule has 2 N–H and O–H groups in total. The number of halogens is 1. The predicted molar refractivity (Wildman–Crippen MR) is 62.7 cm³/mol. The van der Waals surface area contributed by atoms with Gasteiger partial charge in [0, 0.05) is 16.5 Å². The van der Waals surface area contributed by atoms with Crippen LogP contribution >= 0.6 is 11.6 Å². The minimum absolute atomic E-state index is 0.191. The summed E-state index contributed by atoms with van der Waals surface area (Å²) in [5, 5.41) is 4.47. The average Bonchev–Trinajstić information content (AvgIpc) is 2.20. The molecule has 0 aliphatic rings. The predicted octanol–water partition coefficient (Wildman–Crippen LogP) is 2.78. The van der Waals surface area contributed by atoms with Crippen molar-refractivity contribution in [3.8, 4) is 0 Å². The van der Waals surface area contributed by atoms with E-state index in [0.717, 1.165) is 5.56 Å². The van der Waals surface area contributed by atoms with Gasteiger partial charge in [-0.15, -0.1) is 0 Å². The molecule has 82 valence electrons. The topological polar surface area (TPSA) is 47.6 Å². The van der Waals surface area contributed by atoms with E-state index in [2.05, 4.69) is 5.16 Å². The fourth-order valence-electron chi connectivity index (χ4n) is 0.897. The number of nitrogens with two attached hydrogens (primary N) is 1. The number of nitrogens with zero attached hydrogens (tertiary/aromatic N) is 1. The first-order valence-electron chi connectivity index (χ1n) is 4.80. The molecule has 0 aliphatic heterocycles. The molecule has 1 rings (SSSR count). The summed E-state index contributed by atoms with van der Waals surface area (Å²) >= 11 is 5.94. The van der Waals surface area contributed by atoms with Gasteiger partial charge in [0.2, 0.25) is 0 Å². The molecular weight excluding hydrogens is 212 g/mol. The second kappa shape index (κ2) is 5.61. The molecule has 0 saturated carbocycles. The first-order chi connectivity index (χ1) is 7.11. The van der Waals surface area contributed by atoms with Crippen LogP contribution in [0, 0.1) is 5.92 Å². The third kappa shape index (κ3) is 3.80. The van der Waals surface area contributed by atoms with E-state index in [4.69, 9.17) is 22.2 Å². The summed E-state index contributed by atoms with van der Waals surface area (Å²) in [6.45, 7) is 4.25. The molecular formula is C11H15ClN2O. The number of oxime groups is 1. The molecule has 0 aromatic heterocycles. The first kappa shape index (κ1) is 11.9. The third-order valence-corrected chi connectivity index (χ3v) is 2.31. The molecule has 1 aromatic rings. The van der Waals surface area contributed by atoms with Crippen LogP contribution in [0.4, 0.5) is 0 Å². The van der Waals surface area contributed by atoms with Crippen LogP contribution in [0.15, 0.2) is 29.4 Å². The Balaban J connectivity index is 2.52. The zero-order valence-electron chi connectivity index (χ0n) is 8.90. The van der Waals surface area contributed by atoms with Crippen molar-refractivity contribution in [3.63, 3.8) is 0 Å². The van der Waals surface area contributed by atoms with Gasteiger partial charge in [0.05, 0.1) is 0 Å². The summed E-state index contributed by atoms with van der Waals surface area (Å²) in [5.41, 5.74) is 6.51. The van der Waals surface area contributed by atoms with E-state index >= 15 is 0 Å². The summed E-state index contributed by atoms with van der Waals surface area (Å²) in [4.78, 5) is 5.10. The molecule has 0 radical (unpaired) electrons. The highest BCUT2D eigenvalue weighted by Gasteiger charge is 2.01. The van der Waals surface area contributed by atoms with Crippen molar-refractivity contribution in [1.29, 1.82) is 0 Å². The zero-order chi connectivity index (χ0) is 11.3. The Morgan fingerprint density at radius 3 is 2.73 bits per heavy atom. The van der Waals surface area contributed by atoms with Crippen molar-refractivity contribution in [2.75, 3.05) is 0 Å². The molecule has 0 aliphatic carbocycles. The first-order valence-corrected chi connectivity index (χ1v) is 5.17. The van der Waals surface area contributed by atoms with E-state index in [0.29, 0.717) is 17.5 Å². The fraction of sp³-hybridized carbons (Fsp3) is 0.364. The maximum Gasteiger partial charge on any atom is 0.143 e. The Morgan fingerprint density at radius 1 is 1.47 bits per heavy atom. The Morgan fingerprint density at radius 2 is 2.13 bits per heavy atom. The highest BCUT2D eigenvalue weighted by molar-refractivity contribution is 6.31. The third-order valence-electron chi connectivity index (χ3n) is 1.94. The molecule has 15 heavy (non-hydrogen) atoms. The number of benzene rings is 1. The Hall–Kier alpha value is -1.22. The van der Waals surface area contributed by atoms with E-state index < -0.39 is 0 Å². The van der Waals surface area contributed by atoms with Crippen molar-refractivity contribution < 1.29 is 4.84 Å². The Bertz CT molecular complexity index is 350. The fourth-order valence-corrected chi connectivity index (χ4v) is 1.09. The molecule has 0 unspecified atom stereocenters. The minimum atomic E-state index is 0.191. The number of rotatable bonds is 4. The molecule has 0 atom stereocenters. The van der Waals surface area contributed by atoms with Gasteiger partial charge in [-0.25, -0.2) is 0 Å². The summed E-state index contributed by atoms with van der Waals surface area (Å²) in [6.07, 6.45) is 0. The summed E-state index contributed by atoms with van der Waals surface area (Å²) in [7, 11) is 0. The minimum Gasteiger partial charge on any atom is -0.389 e. The van der Waals surface area contributed by atoms with E-state index in [-0.39, 0.29) is 5.92 Å². The van der Waals surface area contributed by atoms with Crippen LogP contribution in [0.2, 0.25) is 5.02 Å². The largest absolute Gasteiger partial charge is 0.389 e. The lowest BCUT2D eigenvalue weighted by Crippen LogP contribution is -2.18. The molecule has 3 nitrogen and oxygen atoms in total. The van der Waals surface area contributed by atoms with Crippen molar-refractivity contribution in [2.24, 2.45) is 16.8 Å². The maximum absolute atomic E-state index is 5.94. The number of hydrogen-bond acceptors (Lipinski definition) is 2. The summed E-state index contributed by atoms with van der Waals surface area (Å²) in [6, 6.07) is 7.48. The van der Waals surface area contributed by atoms with Gasteiger partial charge in [0.1, 0.15) is 12.4 Å². The van der Waals surface area contributed by atoms with E-state index in [1.165, 1.54) is 0 Å². The van der Waals surface area contributed by atoms with Gasteiger partial charge < -0.3 is 10.6 Å². The monoisotopic (exact) mass is 226 g/mol. The van der Waals surface area contributed by atoms with Crippen molar-refractivity contribution >= 4 is 17.4 Å². The Labute approximate surface area is 94.9 Å². The number of amidine groups is 1. The molecule has 0 heterocycles. The van der Waals surface area contributed by atoms with Crippen molar-refractivity contribution in [2.45, 2.75) is 20.5 Å².